The van der Waals surface area contributed by atoms with Crippen molar-refractivity contribution in [3.05, 3.63) is 77.1 Å². The molecule has 0 saturated heterocycles. The number of nitrogens with zero attached hydrogens (tertiary/aromatic N) is 4. The fraction of sp³-hybridized carbons (Fsp3) is 0.143. The number of amides is 1. The van der Waals surface area contributed by atoms with Crippen molar-refractivity contribution in [2.24, 2.45) is 12.8 Å². The van der Waals surface area contributed by atoms with Crippen LogP contribution in [0.15, 0.2) is 65.7 Å². The monoisotopic (exact) mass is 389 g/mol. The van der Waals surface area contributed by atoms with Crippen molar-refractivity contribution in [3.63, 3.8) is 0 Å². The minimum atomic E-state index is -0.935. The van der Waals surface area contributed by atoms with Gasteiger partial charge in [0.05, 0.1) is 22.8 Å². The summed E-state index contributed by atoms with van der Waals surface area (Å²) in [7, 11) is 1.82. The molecule has 0 aliphatic rings. The number of nitrogens with two attached hydrogens (primary N) is 1. The molecule has 29 heavy (non-hydrogen) atoms. The highest BCUT2D eigenvalue weighted by Crippen LogP contribution is 2.27. The van der Waals surface area contributed by atoms with Gasteiger partial charge in [0.25, 0.3) is 5.56 Å². The Morgan fingerprint density at radius 3 is 2.55 bits per heavy atom. The van der Waals surface area contributed by atoms with Gasteiger partial charge in [0.2, 0.25) is 0 Å². The Bertz CT molecular complexity index is 1260. The molecule has 0 radical (unpaired) electrons. The largest absolute Gasteiger partial charge is 0.439 e. The molecule has 0 saturated carbocycles. The molecule has 0 unspecified atom stereocenters. The normalized spacial score (nSPS) is 12.1. The van der Waals surface area contributed by atoms with Crippen LogP contribution < -0.4 is 11.3 Å². The first-order chi connectivity index (χ1) is 14.0. The summed E-state index contributed by atoms with van der Waals surface area (Å²) in [5.74, 6) is 0.288. The Labute approximate surface area is 166 Å². The van der Waals surface area contributed by atoms with Crippen LogP contribution in [0.3, 0.4) is 0 Å². The van der Waals surface area contributed by atoms with Crippen molar-refractivity contribution in [1.82, 2.24) is 19.3 Å². The fourth-order valence-corrected chi connectivity index (χ4v) is 3.37. The Morgan fingerprint density at radius 1 is 1.14 bits per heavy atom. The lowest BCUT2D eigenvalue weighted by molar-refractivity contribution is 0.110. The van der Waals surface area contributed by atoms with Gasteiger partial charge in [0.1, 0.15) is 0 Å². The van der Waals surface area contributed by atoms with E-state index in [4.69, 9.17) is 10.5 Å². The molecule has 0 aliphatic carbocycles. The van der Waals surface area contributed by atoms with E-state index < -0.39 is 12.2 Å². The van der Waals surface area contributed by atoms with Gasteiger partial charge in [0, 0.05) is 18.8 Å². The Kier molecular flexibility index (Phi) is 4.59. The van der Waals surface area contributed by atoms with Crippen LogP contribution in [-0.2, 0) is 11.8 Å². The van der Waals surface area contributed by atoms with E-state index in [2.05, 4.69) is 10.1 Å². The number of aryl methyl sites for hydroxylation is 1. The van der Waals surface area contributed by atoms with Gasteiger partial charge in [0.15, 0.2) is 11.9 Å². The van der Waals surface area contributed by atoms with Crippen molar-refractivity contribution in [2.75, 3.05) is 0 Å². The number of primary amides is 1. The standard InChI is InChI=1S/C21H19N5O3/c1-13(29-21(22)28)19-24-17-10-6-9-16(14-11-23-25(2)12-14)18(17)20(27)26(19)15-7-4-3-5-8-15/h3-13H,1-2H3,(H2,22,28)/t13-/m0/s1. The summed E-state index contributed by atoms with van der Waals surface area (Å²) in [4.78, 5) is 29.6. The number of fused-ring (bicyclic) bond motifs is 1. The van der Waals surface area contributed by atoms with Gasteiger partial charge < -0.3 is 10.5 Å². The average Bonchev–Trinajstić information content (AvgIpc) is 3.13. The molecule has 4 aromatic rings. The van der Waals surface area contributed by atoms with E-state index in [1.54, 1.807) is 36.0 Å². The van der Waals surface area contributed by atoms with E-state index in [1.165, 1.54) is 4.57 Å². The summed E-state index contributed by atoms with van der Waals surface area (Å²) in [6.07, 6.45) is 1.80. The summed E-state index contributed by atoms with van der Waals surface area (Å²) in [6, 6.07) is 14.5. The first-order valence-electron chi connectivity index (χ1n) is 9.02. The molecule has 2 aromatic carbocycles. The van der Waals surface area contributed by atoms with E-state index in [0.717, 1.165) is 11.1 Å². The minimum Gasteiger partial charge on any atom is -0.439 e. The van der Waals surface area contributed by atoms with Crippen LogP contribution >= 0.6 is 0 Å². The Hall–Kier alpha value is -3.94. The maximum absolute atomic E-state index is 13.7. The summed E-state index contributed by atoms with van der Waals surface area (Å²) >= 11 is 0. The van der Waals surface area contributed by atoms with Crippen molar-refractivity contribution < 1.29 is 9.53 Å². The van der Waals surface area contributed by atoms with Gasteiger partial charge in [-0.2, -0.15) is 5.10 Å². The Morgan fingerprint density at radius 2 is 1.90 bits per heavy atom. The highest BCUT2D eigenvalue weighted by molar-refractivity contribution is 5.94. The topological polar surface area (TPSA) is 105 Å². The summed E-state index contributed by atoms with van der Waals surface area (Å²) in [5.41, 5.74) is 7.57. The summed E-state index contributed by atoms with van der Waals surface area (Å²) in [6.45, 7) is 1.63. The molecule has 0 aliphatic heterocycles. The first kappa shape index (κ1) is 18.4. The fourth-order valence-electron chi connectivity index (χ4n) is 3.37. The maximum atomic E-state index is 13.7. The lowest BCUT2D eigenvalue weighted by atomic mass is 10.0. The third-order valence-electron chi connectivity index (χ3n) is 4.61. The number of benzene rings is 2. The van der Waals surface area contributed by atoms with Gasteiger partial charge in [-0.25, -0.2) is 9.78 Å². The van der Waals surface area contributed by atoms with Gasteiger partial charge in [-0.1, -0.05) is 30.3 Å². The molecule has 1 amide bonds. The summed E-state index contributed by atoms with van der Waals surface area (Å²) < 4.78 is 8.25. The number of hydrogen-bond donors (Lipinski definition) is 1. The number of ether oxygens (including phenoxy) is 1. The predicted molar refractivity (Wildman–Crippen MR) is 109 cm³/mol. The zero-order chi connectivity index (χ0) is 20.5. The molecule has 8 heteroatoms. The van der Waals surface area contributed by atoms with Crippen LogP contribution in [0.25, 0.3) is 27.7 Å². The third kappa shape index (κ3) is 3.36. The van der Waals surface area contributed by atoms with Gasteiger partial charge in [-0.05, 0) is 30.7 Å². The number of para-hydroxylation sites is 1. The van der Waals surface area contributed by atoms with E-state index in [9.17, 15) is 9.59 Å². The van der Waals surface area contributed by atoms with Crippen LogP contribution in [0.5, 0.6) is 0 Å². The van der Waals surface area contributed by atoms with Crippen molar-refractivity contribution in [1.29, 1.82) is 0 Å². The van der Waals surface area contributed by atoms with Crippen LogP contribution in [0, 0.1) is 0 Å². The van der Waals surface area contributed by atoms with Crippen molar-refractivity contribution >= 4 is 17.0 Å². The van der Waals surface area contributed by atoms with Gasteiger partial charge >= 0.3 is 6.09 Å². The lowest BCUT2D eigenvalue weighted by Crippen LogP contribution is -2.28. The second-order valence-corrected chi connectivity index (χ2v) is 6.63. The molecule has 8 nitrogen and oxygen atoms in total. The molecule has 0 spiro atoms. The van der Waals surface area contributed by atoms with Crippen LogP contribution in [-0.4, -0.2) is 25.4 Å². The molecular weight excluding hydrogens is 370 g/mol. The molecule has 146 valence electrons. The Balaban J connectivity index is 2.06. The minimum absolute atomic E-state index is 0.268. The van der Waals surface area contributed by atoms with E-state index in [0.29, 0.717) is 16.6 Å². The van der Waals surface area contributed by atoms with Crippen molar-refractivity contribution in [3.8, 4) is 16.8 Å². The SMILES string of the molecule is C[C@H](OC(N)=O)c1nc2cccc(-c3cnn(C)c3)c2c(=O)n1-c1ccccc1. The molecule has 2 aromatic heterocycles. The van der Waals surface area contributed by atoms with Crippen molar-refractivity contribution in [2.45, 2.75) is 13.0 Å². The zero-order valence-corrected chi connectivity index (χ0v) is 15.9. The number of carbonyl (C=O) groups excluding carboxylic acids is 1. The molecule has 0 bridgehead atoms. The van der Waals surface area contributed by atoms with E-state index in [1.807, 2.05) is 43.6 Å². The highest BCUT2D eigenvalue weighted by Gasteiger charge is 2.22. The molecule has 4 rings (SSSR count). The molecule has 0 fully saturated rings. The van der Waals surface area contributed by atoms with Crippen LogP contribution in [0.1, 0.15) is 18.9 Å². The van der Waals surface area contributed by atoms with Gasteiger partial charge in [-0.3, -0.25) is 14.0 Å². The molecular formula is C21H19N5O3. The second kappa shape index (κ2) is 7.23. The highest BCUT2D eigenvalue weighted by atomic mass is 16.6. The average molecular weight is 389 g/mol. The maximum Gasteiger partial charge on any atom is 0.405 e. The lowest BCUT2D eigenvalue weighted by Gasteiger charge is -2.19. The van der Waals surface area contributed by atoms with E-state index in [-0.39, 0.29) is 11.4 Å². The summed E-state index contributed by atoms with van der Waals surface area (Å²) in [5, 5.41) is 4.66. The van der Waals surface area contributed by atoms with E-state index >= 15 is 0 Å². The second-order valence-electron chi connectivity index (χ2n) is 6.63. The molecule has 1 atom stereocenters. The van der Waals surface area contributed by atoms with Gasteiger partial charge in [-0.15, -0.1) is 0 Å². The smallest absolute Gasteiger partial charge is 0.405 e. The number of aromatic nitrogens is 4. The predicted octanol–water partition coefficient (Wildman–Crippen LogP) is 2.94. The van der Waals surface area contributed by atoms with Crippen LogP contribution in [0.2, 0.25) is 0 Å². The third-order valence-corrected chi connectivity index (χ3v) is 4.61. The zero-order valence-electron chi connectivity index (χ0n) is 15.9. The first-order valence-corrected chi connectivity index (χ1v) is 9.02. The van der Waals surface area contributed by atoms with Crippen LogP contribution in [0.4, 0.5) is 4.79 Å². The number of rotatable bonds is 4. The quantitative estimate of drug-likeness (QED) is 0.578. The molecule has 2 N–H and O–H groups in total. The number of hydrogen-bond acceptors (Lipinski definition) is 5. The molecule has 2 heterocycles. The number of carbonyl (C=O) groups is 1.